The second-order valence-corrected chi connectivity index (χ2v) is 13.2. The Kier molecular flexibility index (Phi) is 9.22. The number of piperazine rings is 1. The third-order valence-electron chi connectivity index (χ3n) is 8.55. The third-order valence-corrected chi connectivity index (χ3v) is 9.79. The Hall–Kier alpha value is -4.79. The molecule has 0 aliphatic carbocycles. The number of fused-ring (bicyclic) bond motifs is 2. The lowest BCUT2D eigenvalue weighted by molar-refractivity contribution is -0.138. The maximum absolute atomic E-state index is 14.3. The first-order valence-corrected chi connectivity index (χ1v) is 16.4. The Morgan fingerprint density at radius 2 is 1.84 bits per heavy atom. The highest BCUT2D eigenvalue weighted by atomic mass is 35.5. The van der Waals surface area contributed by atoms with E-state index in [2.05, 4.69) is 26.7 Å². The summed E-state index contributed by atoms with van der Waals surface area (Å²) in [5, 5.41) is 21.6. The number of halogens is 4. The van der Waals surface area contributed by atoms with Crippen molar-refractivity contribution in [3.05, 3.63) is 90.4 Å². The minimum Gasteiger partial charge on any atom is -0.478 e. The molecule has 6 rings (SSSR count). The number of pyridine rings is 1. The van der Waals surface area contributed by atoms with Gasteiger partial charge in [0, 0.05) is 65.5 Å². The first-order valence-electron chi connectivity index (χ1n) is 15.1. The number of carboxylic acid groups (broad SMARTS) is 1. The van der Waals surface area contributed by atoms with Gasteiger partial charge in [0.25, 0.3) is 5.56 Å². The Bertz CT molecular complexity index is 2330. The van der Waals surface area contributed by atoms with Crippen molar-refractivity contribution in [2.75, 3.05) is 33.2 Å². The fourth-order valence-corrected chi connectivity index (χ4v) is 7.22. The Morgan fingerprint density at radius 3 is 2.51 bits per heavy atom. The number of hydrogen-bond donors (Lipinski definition) is 1. The summed E-state index contributed by atoms with van der Waals surface area (Å²) in [5.41, 5.74) is 0.493. The average Bonchev–Trinajstić information content (AvgIpc) is 3.47. The predicted octanol–water partition coefficient (Wildman–Crippen LogP) is 6.33. The minimum atomic E-state index is -4.76. The number of likely N-dealkylation sites (N-methyl/N-ethyl adjacent to an activating group) is 1. The van der Waals surface area contributed by atoms with Crippen LogP contribution in [0, 0.1) is 37.0 Å². The van der Waals surface area contributed by atoms with Gasteiger partial charge in [-0.2, -0.15) is 18.4 Å². The molecule has 1 saturated heterocycles. The van der Waals surface area contributed by atoms with Crippen molar-refractivity contribution in [2.45, 2.75) is 33.1 Å². The summed E-state index contributed by atoms with van der Waals surface area (Å²) in [6, 6.07) is 9.67. The molecule has 1 aliphatic rings. The molecular weight excluding hydrogens is 677 g/mol. The van der Waals surface area contributed by atoms with Crippen LogP contribution in [0.3, 0.4) is 0 Å². The van der Waals surface area contributed by atoms with Crippen LogP contribution in [0.15, 0.2) is 40.5 Å². The molecule has 1 aliphatic heterocycles. The van der Waals surface area contributed by atoms with Crippen LogP contribution in [0.2, 0.25) is 5.02 Å². The van der Waals surface area contributed by atoms with Gasteiger partial charge in [0.15, 0.2) is 0 Å². The molecule has 0 bridgehead atoms. The number of aromatic nitrogens is 3. The molecule has 49 heavy (non-hydrogen) atoms. The fraction of sp³-hybridized carbons (Fsp3) is 0.286. The summed E-state index contributed by atoms with van der Waals surface area (Å²) >= 11 is 7.62. The van der Waals surface area contributed by atoms with Crippen LogP contribution in [-0.4, -0.2) is 68.6 Å². The molecular formula is C35H28ClF3N6O3S. The van der Waals surface area contributed by atoms with Crippen LogP contribution in [-0.2, 0) is 19.3 Å². The van der Waals surface area contributed by atoms with E-state index in [0.717, 1.165) is 6.07 Å². The third kappa shape index (κ3) is 6.63. The van der Waals surface area contributed by atoms with Crippen molar-refractivity contribution >= 4 is 50.0 Å². The molecule has 1 fully saturated rings. The lowest BCUT2D eigenvalue weighted by atomic mass is 9.96. The van der Waals surface area contributed by atoms with Gasteiger partial charge in [-0.05, 0) is 56.8 Å². The molecule has 0 radical (unpaired) electrons. The number of aromatic carboxylic acids is 1. The molecule has 250 valence electrons. The van der Waals surface area contributed by atoms with E-state index in [-0.39, 0.29) is 46.5 Å². The van der Waals surface area contributed by atoms with Crippen molar-refractivity contribution in [3.8, 4) is 29.0 Å². The highest BCUT2D eigenvalue weighted by Crippen LogP contribution is 2.38. The van der Waals surface area contributed by atoms with E-state index >= 15 is 0 Å². The fourth-order valence-electron chi connectivity index (χ4n) is 6.04. The number of alkyl halides is 3. The van der Waals surface area contributed by atoms with Crippen molar-refractivity contribution in [1.82, 2.24) is 24.3 Å². The SMILES string of the molecule is Cc1cc(-c2cc(Cl)ccc2C#CCn2c(C)nc3cc(C(F)(F)F)c(CN4CCN(C)CC4)c(C#N)c3c2=O)c2scc(C(=O)O)c2n1. The zero-order valence-corrected chi connectivity index (χ0v) is 28.1. The minimum absolute atomic E-state index is 0.0871. The number of rotatable bonds is 5. The molecule has 0 saturated carbocycles. The average molecular weight is 705 g/mol. The number of benzene rings is 2. The Labute approximate surface area is 287 Å². The Morgan fingerprint density at radius 1 is 1.10 bits per heavy atom. The van der Waals surface area contributed by atoms with Gasteiger partial charge < -0.3 is 10.0 Å². The number of carbonyl (C=O) groups is 1. The molecule has 0 unspecified atom stereocenters. The zero-order chi connectivity index (χ0) is 35.2. The molecule has 0 atom stereocenters. The van der Waals surface area contributed by atoms with Crippen LogP contribution in [0.5, 0.6) is 0 Å². The van der Waals surface area contributed by atoms with Crippen LogP contribution in [0.4, 0.5) is 13.2 Å². The van der Waals surface area contributed by atoms with Crippen molar-refractivity contribution in [2.24, 2.45) is 0 Å². The number of hydrogen-bond acceptors (Lipinski definition) is 8. The maximum atomic E-state index is 14.3. The largest absolute Gasteiger partial charge is 0.478 e. The summed E-state index contributed by atoms with van der Waals surface area (Å²) in [4.78, 5) is 38.4. The van der Waals surface area contributed by atoms with Gasteiger partial charge in [-0.15, -0.1) is 11.3 Å². The molecule has 2 aromatic carbocycles. The van der Waals surface area contributed by atoms with Gasteiger partial charge in [0.05, 0.1) is 44.4 Å². The molecule has 9 nitrogen and oxygen atoms in total. The number of nitriles is 1. The van der Waals surface area contributed by atoms with Crippen molar-refractivity contribution in [1.29, 1.82) is 5.26 Å². The van der Waals surface area contributed by atoms with Crippen LogP contribution >= 0.6 is 22.9 Å². The van der Waals surface area contributed by atoms with Gasteiger partial charge >= 0.3 is 12.1 Å². The highest BCUT2D eigenvalue weighted by molar-refractivity contribution is 7.18. The summed E-state index contributed by atoms with van der Waals surface area (Å²) in [7, 11) is 1.93. The van der Waals surface area contributed by atoms with E-state index in [1.165, 1.54) is 28.2 Å². The van der Waals surface area contributed by atoms with E-state index in [1.54, 1.807) is 25.1 Å². The highest BCUT2D eigenvalue weighted by Gasteiger charge is 2.37. The first-order chi connectivity index (χ1) is 23.3. The summed E-state index contributed by atoms with van der Waals surface area (Å²) in [5.74, 6) is 5.11. The second kappa shape index (κ2) is 13.3. The van der Waals surface area contributed by atoms with Crippen molar-refractivity contribution in [3.63, 3.8) is 0 Å². The predicted molar refractivity (Wildman–Crippen MR) is 182 cm³/mol. The lowest BCUT2D eigenvalue weighted by Gasteiger charge is -2.33. The molecule has 0 spiro atoms. The molecule has 1 N–H and O–H groups in total. The van der Waals surface area contributed by atoms with Gasteiger partial charge in [-0.1, -0.05) is 23.4 Å². The molecule has 3 aromatic heterocycles. The number of carboxylic acids is 1. The monoisotopic (exact) mass is 704 g/mol. The second-order valence-electron chi connectivity index (χ2n) is 11.8. The first kappa shape index (κ1) is 34.1. The van der Waals surface area contributed by atoms with Crippen LogP contribution in [0.25, 0.3) is 32.2 Å². The quantitative estimate of drug-likeness (QED) is 0.211. The normalized spacial score (nSPS) is 14.2. The van der Waals surface area contributed by atoms with Crippen molar-refractivity contribution < 1.29 is 23.1 Å². The summed E-state index contributed by atoms with van der Waals surface area (Å²) < 4.78 is 44.9. The molecule has 0 amide bonds. The van der Waals surface area contributed by atoms with E-state index < -0.39 is 23.3 Å². The van der Waals surface area contributed by atoms with E-state index in [4.69, 9.17) is 11.6 Å². The zero-order valence-electron chi connectivity index (χ0n) is 26.6. The standard InChI is InChI=1S/C35H28ClF3N6O3S/c1-19-13-24(32-31(41-19)27(18-49-32)34(47)48)23-14-22(36)7-6-21(23)5-4-8-45-20(2)42-29-15-28(35(37,38)39)26(25(16-40)30(29)33(45)46)17-44-11-9-43(3)10-12-44/h6-7,13-15,18H,8-12,17H2,1-3H3,(H,47,48). The Balaban J connectivity index is 1.44. The molecule has 5 aromatic rings. The molecule has 14 heteroatoms. The van der Waals surface area contributed by atoms with Gasteiger partial charge in [0.2, 0.25) is 0 Å². The number of nitrogens with zero attached hydrogens (tertiary/aromatic N) is 6. The maximum Gasteiger partial charge on any atom is 0.416 e. The van der Waals surface area contributed by atoms with E-state index in [0.29, 0.717) is 63.8 Å². The van der Waals surface area contributed by atoms with Crippen LogP contribution < -0.4 is 5.56 Å². The van der Waals surface area contributed by atoms with E-state index in [9.17, 15) is 33.1 Å². The topological polar surface area (TPSA) is 115 Å². The van der Waals surface area contributed by atoms with Gasteiger partial charge in [-0.25, -0.2) is 9.78 Å². The van der Waals surface area contributed by atoms with Gasteiger partial charge in [-0.3, -0.25) is 19.2 Å². The molecule has 4 heterocycles. The van der Waals surface area contributed by atoms with Crippen LogP contribution in [0.1, 0.15) is 44.1 Å². The summed E-state index contributed by atoms with van der Waals surface area (Å²) in [6.07, 6.45) is -4.76. The smallest absolute Gasteiger partial charge is 0.416 e. The summed E-state index contributed by atoms with van der Waals surface area (Å²) in [6.45, 7) is 5.34. The van der Waals surface area contributed by atoms with Gasteiger partial charge in [0.1, 0.15) is 11.9 Å². The number of thiophene rings is 1. The lowest BCUT2D eigenvalue weighted by Crippen LogP contribution is -2.44. The number of aryl methyl sites for hydroxylation is 2. The van der Waals surface area contributed by atoms with E-state index in [1.807, 2.05) is 24.1 Å².